The van der Waals surface area contributed by atoms with Crippen LogP contribution in [0, 0.1) is 0 Å². The van der Waals surface area contributed by atoms with E-state index in [-0.39, 0.29) is 11.7 Å². The normalized spacial score (nSPS) is 15.7. The van der Waals surface area contributed by atoms with Crippen LogP contribution in [0.15, 0.2) is 30.0 Å². The fourth-order valence-corrected chi connectivity index (χ4v) is 3.40. The molecule has 1 aliphatic carbocycles. The van der Waals surface area contributed by atoms with Gasteiger partial charge in [0.25, 0.3) is 5.91 Å². The Kier molecular flexibility index (Phi) is 5.58. The van der Waals surface area contributed by atoms with Crippen molar-refractivity contribution in [2.24, 2.45) is 5.73 Å². The molecule has 1 heterocycles. The second kappa shape index (κ2) is 7.74. The van der Waals surface area contributed by atoms with Gasteiger partial charge in [-0.2, -0.15) is 0 Å². The molecule has 1 aliphatic rings. The molecule has 144 valence electrons. The van der Waals surface area contributed by atoms with E-state index in [1.807, 2.05) is 18.2 Å². The van der Waals surface area contributed by atoms with Gasteiger partial charge in [-0.1, -0.05) is 11.6 Å². The lowest BCUT2D eigenvalue weighted by Crippen LogP contribution is -2.37. The minimum Gasteiger partial charge on any atom is -0.402 e. The Labute approximate surface area is 163 Å². The minimum atomic E-state index is -0.629. The highest BCUT2D eigenvalue weighted by atomic mass is 35.5. The van der Waals surface area contributed by atoms with E-state index in [2.05, 4.69) is 10.3 Å². The Bertz CT molecular complexity index is 913. The highest BCUT2D eigenvalue weighted by Gasteiger charge is 2.50. The number of nitrogens with one attached hydrogen (secondary N) is 2. The lowest BCUT2D eigenvalue weighted by molar-refractivity contribution is -0.133. The van der Waals surface area contributed by atoms with Crippen molar-refractivity contribution in [3.05, 3.63) is 46.3 Å². The molecule has 1 fully saturated rings. The van der Waals surface area contributed by atoms with E-state index >= 15 is 0 Å². The summed E-state index contributed by atoms with van der Waals surface area (Å²) >= 11 is 6.39. The van der Waals surface area contributed by atoms with Crippen molar-refractivity contribution >= 4 is 34.2 Å². The third kappa shape index (κ3) is 4.51. The van der Waals surface area contributed by atoms with Gasteiger partial charge in [0.15, 0.2) is 5.78 Å². The molecular weight excluding hydrogens is 366 g/mol. The van der Waals surface area contributed by atoms with Gasteiger partial charge < -0.3 is 20.8 Å². The zero-order valence-electron chi connectivity index (χ0n) is 15.5. The number of amides is 1. The molecule has 27 heavy (non-hydrogen) atoms. The van der Waals surface area contributed by atoms with Crippen molar-refractivity contribution in [3.63, 3.8) is 0 Å². The van der Waals surface area contributed by atoms with Crippen molar-refractivity contribution in [1.82, 2.24) is 10.3 Å². The number of aromatic nitrogens is 1. The van der Waals surface area contributed by atoms with E-state index in [1.54, 1.807) is 7.11 Å². The van der Waals surface area contributed by atoms with Crippen LogP contribution in [0.1, 0.15) is 37.4 Å². The number of hydrogen-bond acceptors (Lipinski definition) is 4. The molecule has 2 aromatic rings. The molecule has 0 spiro atoms. The molecule has 7 heteroatoms. The zero-order valence-corrected chi connectivity index (χ0v) is 16.3. The third-order valence-electron chi connectivity index (χ3n) is 4.86. The van der Waals surface area contributed by atoms with Gasteiger partial charge >= 0.3 is 0 Å². The molecule has 4 N–H and O–H groups in total. The standard InChI is InChI=1S/C20H24ClN3O3/c1-12(25)7-15(22)4-3-13-10-18-14(9-17(13)21)8-16(24-18)11-23-19(26)20(27-2)5-6-20/h7-10,24H,3-6,11,22H2,1-2H3,(H,23,26)/b15-7-. The summed E-state index contributed by atoms with van der Waals surface area (Å²) in [6.07, 6.45) is 4.18. The van der Waals surface area contributed by atoms with Crippen LogP contribution in [0.2, 0.25) is 5.02 Å². The van der Waals surface area contributed by atoms with E-state index < -0.39 is 5.60 Å². The molecule has 0 atom stereocenters. The number of ketones is 1. The maximum Gasteiger partial charge on any atom is 0.252 e. The number of rotatable bonds is 8. The SMILES string of the molecule is COC1(C(=O)NCc2cc3cc(Cl)c(CC/C(N)=C/C(C)=O)cc3[nH]2)CC1. The van der Waals surface area contributed by atoms with Crippen molar-refractivity contribution < 1.29 is 14.3 Å². The van der Waals surface area contributed by atoms with Gasteiger partial charge in [-0.05, 0) is 62.4 Å². The number of methoxy groups -OCH3 is 1. The van der Waals surface area contributed by atoms with Gasteiger partial charge in [-0.3, -0.25) is 9.59 Å². The van der Waals surface area contributed by atoms with Crippen LogP contribution in [0.5, 0.6) is 0 Å². The molecule has 3 rings (SSSR count). The van der Waals surface area contributed by atoms with Crippen molar-refractivity contribution in [2.75, 3.05) is 7.11 Å². The topological polar surface area (TPSA) is 97.2 Å². The molecule has 1 aromatic carbocycles. The first-order valence-electron chi connectivity index (χ1n) is 8.93. The van der Waals surface area contributed by atoms with Crippen LogP contribution < -0.4 is 11.1 Å². The number of aromatic amines is 1. The molecule has 0 aliphatic heterocycles. The lowest BCUT2D eigenvalue weighted by atomic mass is 10.1. The second-order valence-corrected chi connectivity index (χ2v) is 7.44. The van der Waals surface area contributed by atoms with Crippen molar-refractivity contribution in [2.45, 2.75) is 44.8 Å². The van der Waals surface area contributed by atoms with Gasteiger partial charge in [-0.25, -0.2) is 0 Å². The molecule has 1 amide bonds. The highest BCUT2D eigenvalue weighted by Crippen LogP contribution is 2.39. The van der Waals surface area contributed by atoms with Gasteiger partial charge in [0, 0.05) is 34.4 Å². The van der Waals surface area contributed by atoms with Gasteiger partial charge in [0.05, 0.1) is 6.54 Å². The molecule has 1 aromatic heterocycles. The van der Waals surface area contributed by atoms with Crippen LogP contribution >= 0.6 is 11.6 Å². The van der Waals surface area contributed by atoms with Gasteiger partial charge in [-0.15, -0.1) is 0 Å². The fraction of sp³-hybridized carbons (Fsp3) is 0.400. The Morgan fingerprint density at radius 2 is 2.11 bits per heavy atom. The maximum absolute atomic E-state index is 12.2. The molecule has 0 unspecified atom stereocenters. The average molecular weight is 390 g/mol. The zero-order chi connectivity index (χ0) is 19.6. The summed E-state index contributed by atoms with van der Waals surface area (Å²) < 4.78 is 5.28. The number of fused-ring (bicyclic) bond motifs is 1. The van der Waals surface area contributed by atoms with Gasteiger partial charge in [0.2, 0.25) is 0 Å². The summed E-state index contributed by atoms with van der Waals surface area (Å²) in [4.78, 5) is 26.6. The number of H-pyrrole nitrogens is 1. The number of benzene rings is 1. The summed E-state index contributed by atoms with van der Waals surface area (Å²) in [5, 5.41) is 4.55. The largest absolute Gasteiger partial charge is 0.402 e. The number of allylic oxidation sites excluding steroid dienone is 2. The van der Waals surface area contributed by atoms with E-state index in [1.165, 1.54) is 13.0 Å². The van der Waals surface area contributed by atoms with Crippen LogP contribution in [0.25, 0.3) is 10.9 Å². The summed E-state index contributed by atoms with van der Waals surface area (Å²) in [5.41, 5.74) is 8.56. The van der Waals surface area contributed by atoms with Gasteiger partial charge in [0.1, 0.15) is 5.60 Å². The number of halogens is 1. The number of aryl methyl sites for hydroxylation is 1. The average Bonchev–Trinajstić information content (AvgIpc) is 3.32. The first kappa shape index (κ1) is 19.5. The number of carbonyl (C=O) groups excluding carboxylic acids is 2. The number of nitrogens with two attached hydrogens (primary N) is 1. The van der Waals surface area contributed by atoms with Crippen LogP contribution in [-0.2, 0) is 27.3 Å². The van der Waals surface area contributed by atoms with E-state index in [4.69, 9.17) is 22.1 Å². The second-order valence-electron chi connectivity index (χ2n) is 7.04. The predicted octanol–water partition coefficient (Wildman–Crippen LogP) is 2.98. The fourth-order valence-electron chi connectivity index (χ4n) is 3.13. The van der Waals surface area contributed by atoms with Crippen molar-refractivity contribution in [1.29, 1.82) is 0 Å². The summed E-state index contributed by atoms with van der Waals surface area (Å²) in [6.45, 7) is 1.88. The Hall–Kier alpha value is -2.31. The molecular formula is C20H24ClN3O3. The monoisotopic (exact) mass is 389 g/mol. The molecule has 0 radical (unpaired) electrons. The molecule has 0 bridgehead atoms. The Morgan fingerprint density at radius 3 is 2.74 bits per heavy atom. The predicted molar refractivity (Wildman–Crippen MR) is 105 cm³/mol. The van der Waals surface area contributed by atoms with E-state index in [9.17, 15) is 9.59 Å². The van der Waals surface area contributed by atoms with Crippen molar-refractivity contribution in [3.8, 4) is 0 Å². The Morgan fingerprint density at radius 1 is 1.37 bits per heavy atom. The molecule has 1 saturated carbocycles. The highest BCUT2D eigenvalue weighted by molar-refractivity contribution is 6.32. The first-order chi connectivity index (χ1) is 12.8. The smallest absolute Gasteiger partial charge is 0.252 e. The van der Waals surface area contributed by atoms with Crippen LogP contribution in [0.4, 0.5) is 0 Å². The summed E-state index contributed by atoms with van der Waals surface area (Å²) in [5.74, 6) is -0.137. The first-order valence-corrected chi connectivity index (χ1v) is 9.31. The summed E-state index contributed by atoms with van der Waals surface area (Å²) in [6, 6.07) is 5.86. The summed E-state index contributed by atoms with van der Waals surface area (Å²) in [7, 11) is 1.57. The van der Waals surface area contributed by atoms with E-state index in [0.29, 0.717) is 30.1 Å². The third-order valence-corrected chi connectivity index (χ3v) is 5.22. The molecule has 0 saturated heterocycles. The van der Waals surface area contributed by atoms with Crippen LogP contribution in [-0.4, -0.2) is 29.4 Å². The van der Waals surface area contributed by atoms with E-state index in [0.717, 1.165) is 35.0 Å². The lowest BCUT2D eigenvalue weighted by Gasteiger charge is -2.12. The van der Waals surface area contributed by atoms with Crippen LogP contribution in [0.3, 0.4) is 0 Å². The number of carbonyl (C=O) groups is 2. The quantitative estimate of drug-likeness (QED) is 0.604. The maximum atomic E-state index is 12.2. The minimum absolute atomic E-state index is 0.0634. The molecule has 6 nitrogen and oxygen atoms in total. The number of ether oxygens (including phenoxy) is 1. The Balaban J connectivity index is 1.68. The number of hydrogen-bond donors (Lipinski definition) is 3.